The number of pyridine rings is 1. The molecule has 2 aliphatic rings. The Morgan fingerprint density at radius 2 is 2.03 bits per heavy atom. The van der Waals surface area contributed by atoms with Crippen molar-refractivity contribution in [2.24, 2.45) is 0 Å². The second-order valence-corrected chi connectivity index (χ2v) is 8.14. The van der Waals surface area contributed by atoms with Crippen LogP contribution < -0.4 is 21.1 Å². The van der Waals surface area contributed by atoms with E-state index in [0.29, 0.717) is 37.6 Å². The van der Waals surface area contributed by atoms with E-state index in [2.05, 4.69) is 25.6 Å². The molecule has 1 amide bonds. The van der Waals surface area contributed by atoms with Gasteiger partial charge in [-0.05, 0) is 36.6 Å². The van der Waals surface area contributed by atoms with E-state index in [1.807, 2.05) is 24.3 Å². The van der Waals surface area contributed by atoms with Gasteiger partial charge in [-0.15, -0.1) is 0 Å². The summed E-state index contributed by atoms with van der Waals surface area (Å²) in [7, 11) is 0. The zero-order valence-electron chi connectivity index (χ0n) is 18.2. The Hall–Kier alpha value is -3.72. The van der Waals surface area contributed by atoms with Crippen molar-refractivity contribution in [3.63, 3.8) is 0 Å². The predicted molar refractivity (Wildman–Crippen MR) is 124 cm³/mol. The Bertz CT molecular complexity index is 1160. The molecule has 0 unspecified atom stereocenters. The molecule has 0 spiro atoms. The van der Waals surface area contributed by atoms with E-state index in [1.165, 1.54) is 0 Å². The molecule has 4 heterocycles. The van der Waals surface area contributed by atoms with Crippen molar-refractivity contribution in [3.05, 3.63) is 59.4 Å². The molecule has 1 aromatic carbocycles. The molecule has 0 bridgehead atoms. The summed E-state index contributed by atoms with van der Waals surface area (Å²) in [5, 5.41) is 6.51. The summed E-state index contributed by atoms with van der Waals surface area (Å²) in [5.41, 5.74) is 9.88. The van der Waals surface area contributed by atoms with Crippen LogP contribution >= 0.6 is 0 Å². The van der Waals surface area contributed by atoms with E-state index in [4.69, 9.17) is 15.2 Å². The van der Waals surface area contributed by atoms with Crippen molar-refractivity contribution in [3.8, 4) is 17.0 Å². The molecule has 3 aromatic rings. The van der Waals surface area contributed by atoms with E-state index in [9.17, 15) is 4.79 Å². The molecule has 0 atom stereocenters. The highest BCUT2D eigenvalue weighted by Crippen LogP contribution is 2.39. The molecule has 1 fully saturated rings. The highest BCUT2D eigenvalue weighted by Gasteiger charge is 2.23. The highest BCUT2D eigenvalue weighted by atomic mass is 16.5. The SMILES string of the molecule is Nc1nccc(-c2cnc(NCc3cccc(C(=O)NC4CCOCC4)c3)c3c2OCC3)n1. The van der Waals surface area contributed by atoms with Crippen LogP contribution in [0.3, 0.4) is 0 Å². The van der Waals surface area contributed by atoms with E-state index in [-0.39, 0.29) is 17.9 Å². The summed E-state index contributed by atoms with van der Waals surface area (Å²) >= 11 is 0. The van der Waals surface area contributed by atoms with Crippen LogP contribution in [-0.2, 0) is 17.7 Å². The van der Waals surface area contributed by atoms with Crippen LogP contribution in [0.1, 0.15) is 34.3 Å². The second-order valence-electron chi connectivity index (χ2n) is 8.14. The summed E-state index contributed by atoms with van der Waals surface area (Å²) in [4.78, 5) is 25.5. The van der Waals surface area contributed by atoms with Gasteiger partial charge in [-0.2, -0.15) is 0 Å². The first kappa shape index (κ1) is 21.1. The predicted octanol–water partition coefficient (Wildman–Crippen LogP) is 2.58. The molecule has 4 N–H and O–H groups in total. The van der Waals surface area contributed by atoms with Gasteiger partial charge >= 0.3 is 0 Å². The first-order valence-electron chi connectivity index (χ1n) is 11.1. The number of anilines is 2. The topological polar surface area (TPSA) is 124 Å². The number of nitrogen functional groups attached to an aromatic ring is 1. The third kappa shape index (κ3) is 4.73. The zero-order valence-corrected chi connectivity index (χ0v) is 18.2. The van der Waals surface area contributed by atoms with Crippen molar-refractivity contribution in [2.45, 2.75) is 31.8 Å². The number of nitrogens with two attached hydrogens (primary N) is 1. The number of carbonyl (C=O) groups excluding carboxylic acids is 1. The Labute approximate surface area is 191 Å². The lowest BCUT2D eigenvalue weighted by atomic mass is 10.1. The van der Waals surface area contributed by atoms with Gasteiger partial charge in [0.05, 0.1) is 17.9 Å². The maximum absolute atomic E-state index is 12.7. The Kier molecular flexibility index (Phi) is 6.03. The van der Waals surface area contributed by atoms with E-state index < -0.39 is 0 Å². The van der Waals surface area contributed by atoms with Crippen molar-refractivity contribution in [1.29, 1.82) is 0 Å². The summed E-state index contributed by atoms with van der Waals surface area (Å²) in [6.45, 7) is 2.52. The van der Waals surface area contributed by atoms with E-state index in [0.717, 1.165) is 47.5 Å². The van der Waals surface area contributed by atoms with Crippen LogP contribution in [0, 0.1) is 0 Å². The van der Waals surface area contributed by atoms with Gasteiger partial charge in [0, 0.05) is 55.7 Å². The number of hydrogen-bond donors (Lipinski definition) is 3. The summed E-state index contributed by atoms with van der Waals surface area (Å²) in [6, 6.07) is 9.61. The van der Waals surface area contributed by atoms with Gasteiger partial charge in [0.2, 0.25) is 5.95 Å². The molecule has 5 rings (SSSR count). The first-order valence-corrected chi connectivity index (χ1v) is 11.1. The summed E-state index contributed by atoms with van der Waals surface area (Å²) in [5.74, 6) is 1.70. The average molecular weight is 447 g/mol. The number of ether oxygens (including phenoxy) is 2. The normalized spacial score (nSPS) is 15.5. The maximum Gasteiger partial charge on any atom is 0.251 e. The van der Waals surface area contributed by atoms with Crippen LogP contribution in [0.15, 0.2) is 42.7 Å². The molecule has 33 heavy (non-hydrogen) atoms. The lowest BCUT2D eigenvalue weighted by Crippen LogP contribution is -2.38. The summed E-state index contributed by atoms with van der Waals surface area (Å²) in [6.07, 6.45) is 5.82. The number of amides is 1. The van der Waals surface area contributed by atoms with Crippen molar-refractivity contribution < 1.29 is 14.3 Å². The molecule has 0 radical (unpaired) electrons. The third-order valence-electron chi connectivity index (χ3n) is 5.88. The summed E-state index contributed by atoms with van der Waals surface area (Å²) < 4.78 is 11.3. The van der Waals surface area contributed by atoms with Gasteiger partial charge in [-0.1, -0.05) is 12.1 Å². The number of nitrogens with one attached hydrogen (secondary N) is 2. The third-order valence-corrected chi connectivity index (χ3v) is 5.88. The number of benzene rings is 1. The largest absolute Gasteiger partial charge is 0.492 e. The monoisotopic (exact) mass is 446 g/mol. The molecule has 2 aromatic heterocycles. The highest BCUT2D eigenvalue weighted by molar-refractivity contribution is 5.94. The van der Waals surface area contributed by atoms with Gasteiger partial charge in [0.1, 0.15) is 11.6 Å². The van der Waals surface area contributed by atoms with E-state index in [1.54, 1.807) is 18.5 Å². The fourth-order valence-electron chi connectivity index (χ4n) is 4.17. The molecule has 2 aliphatic heterocycles. The molecular formula is C24H26N6O3. The van der Waals surface area contributed by atoms with Crippen LogP contribution in [0.25, 0.3) is 11.3 Å². The average Bonchev–Trinajstić information content (AvgIpc) is 3.34. The number of nitrogens with zero attached hydrogens (tertiary/aromatic N) is 3. The minimum Gasteiger partial charge on any atom is -0.492 e. The molecular weight excluding hydrogens is 420 g/mol. The second kappa shape index (κ2) is 9.41. The lowest BCUT2D eigenvalue weighted by Gasteiger charge is -2.23. The zero-order chi connectivity index (χ0) is 22.6. The number of carbonyl (C=O) groups is 1. The minimum atomic E-state index is -0.0513. The number of rotatable bonds is 6. The van der Waals surface area contributed by atoms with Crippen LogP contribution in [-0.4, -0.2) is 46.7 Å². The number of hydrogen-bond acceptors (Lipinski definition) is 8. The van der Waals surface area contributed by atoms with Crippen molar-refractivity contribution in [1.82, 2.24) is 20.3 Å². The van der Waals surface area contributed by atoms with Gasteiger partial charge in [-0.25, -0.2) is 15.0 Å². The molecule has 170 valence electrons. The molecule has 1 saturated heterocycles. The van der Waals surface area contributed by atoms with Gasteiger partial charge in [0.15, 0.2) is 0 Å². The van der Waals surface area contributed by atoms with Crippen LogP contribution in [0.2, 0.25) is 0 Å². The van der Waals surface area contributed by atoms with Crippen LogP contribution in [0.5, 0.6) is 5.75 Å². The molecule has 9 nitrogen and oxygen atoms in total. The van der Waals surface area contributed by atoms with Gasteiger partial charge in [-0.3, -0.25) is 4.79 Å². The fourth-order valence-corrected chi connectivity index (χ4v) is 4.17. The Morgan fingerprint density at radius 1 is 1.15 bits per heavy atom. The Morgan fingerprint density at radius 3 is 2.88 bits per heavy atom. The Balaban J connectivity index is 1.29. The van der Waals surface area contributed by atoms with Crippen molar-refractivity contribution in [2.75, 3.05) is 30.9 Å². The molecule has 0 aliphatic carbocycles. The fraction of sp³-hybridized carbons (Fsp3) is 0.333. The first-order chi connectivity index (χ1) is 16.2. The number of aromatic nitrogens is 3. The van der Waals surface area contributed by atoms with Crippen molar-refractivity contribution >= 4 is 17.7 Å². The van der Waals surface area contributed by atoms with E-state index >= 15 is 0 Å². The number of fused-ring (bicyclic) bond motifs is 1. The van der Waals surface area contributed by atoms with Gasteiger partial charge < -0.3 is 25.8 Å². The van der Waals surface area contributed by atoms with Gasteiger partial charge in [0.25, 0.3) is 5.91 Å². The maximum atomic E-state index is 12.7. The smallest absolute Gasteiger partial charge is 0.251 e. The minimum absolute atomic E-state index is 0.0513. The lowest BCUT2D eigenvalue weighted by molar-refractivity contribution is 0.0696. The van der Waals surface area contributed by atoms with Crippen LogP contribution in [0.4, 0.5) is 11.8 Å². The molecule has 9 heteroatoms. The standard InChI is InChI=1S/C24H26N6O3/c25-24-26-8-4-20(30-24)19-14-28-22(18-7-11-33-21(18)19)27-13-15-2-1-3-16(12-15)23(31)29-17-5-9-32-10-6-17/h1-4,8,12,14,17H,5-7,9-11,13H2,(H,27,28)(H,29,31)(H2,25,26,30). The quantitative estimate of drug-likeness (QED) is 0.528. The molecule has 0 saturated carbocycles.